The lowest BCUT2D eigenvalue weighted by molar-refractivity contribution is -0.0920. The number of hydrogen-bond donors (Lipinski definition) is 2. The van der Waals surface area contributed by atoms with Gasteiger partial charge in [-0.05, 0) is 67.5 Å². The summed E-state index contributed by atoms with van der Waals surface area (Å²) in [6.45, 7) is 6.31. The number of ether oxygens (including phenoxy) is 1. The van der Waals surface area contributed by atoms with Crippen LogP contribution in [0.4, 0.5) is 5.82 Å². The Hall–Kier alpha value is -3.45. The van der Waals surface area contributed by atoms with Crippen molar-refractivity contribution in [3.05, 3.63) is 60.9 Å². The molecule has 2 aromatic heterocycles. The van der Waals surface area contributed by atoms with E-state index in [2.05, 4.69) is 30.7 Å². The zero-order valence-electron chi connectivity index (χ0n) is 19.9. The summed E-state index contributed by atoms with van der Waals surface area (Å²) in [5.41, 5.74) is 7.89. The summed E-state index contributed by atoms with van der Waals surface area (Å²) < 4.78 is 7.91. The predicted molar refractivity (Wildman–Crippen MR) is 134 cm³/mol. The largest absolute Gasteiger partial charge is 0.457 e. The molecule has 2 aromatic carbocycles. The van der Waals surface area contributed by atoms with Crippen molar-refractivity contribution >= 4 is 16.9 Å². The molecule has 0 saturated heterocycles. The Kier molecular flexibility index (Phi) is 5.52. The van der Waals surface area contributed by atoms with Gasteiger partial charge in [0.2, 0.25) is 0 Å². The fourth-order valence-corrected chi connectivity index (χ4v) is 4.83. The minimum Gasteiger partial charge on any atom is -0.457 e. The smallest absolute Gasteiger partial charge is 0.164 e. The second-order valence-corrected chi connectivity index (χ2v) is 10.2. The summed E-state index contributed by atoms with van der Waals surface area (Å²) in [5.74, 6) is 1.95. The summed E-state index contributed by atoms with van der Waals surface area (Å²) >= 11 is 0. The third-order valence-electron chi connectivity index (χ3n) is 7.15. The van der Waals surface area contributed by atoms with E-state index in [0.29, 0.717) is 5.82 Å². The van der Waals surface area contributed by atoms with Gasteiger partial charge in [-0.1, -0.05) is 39.0 Å². The van der Waals surface area contributed by atoms with E-state index in [4.69, 9.17) is 15.6 Å². The van der Waals surface area contributed by atoms with Crippen molar-refractivity contribution in [1.82, 2.24) is 19.7 Å². The highest BCUT2D eigenvalue weighted by Crippen LogP contribution is 2.45. The fourth-order valence-electron chi connectivity index (χ4n) is 4.83. The number of hydrogen-bond acceptors (Lipinski definition) is 6. The molecule has 5 rings (SSSR count). The van der Waals surface area contributed by atoms with Crippen molar-refractivity contribution in [3.63, 3.8) is 0 Å². The molecular weight excluding hydrogens is 426 g/mol. The number of nitrogens with zero attached hydrogens (tertiary/aromatic N) is 4. The van der Waals surface area contributed by atoms with E-state index in [1.54, 1.807) is 0 Å². The number of rotatable bonds is 4. The van der Waals surface area contributed by atoms with Crippen LogP contribution in [0, 0.1) is 5.41 Å². The van der Waals surface area contributed by atoms with Crippen LogP contribution in [-0.4, -0.2) is 30.5 Å². The highest BCUT2D eigenvalue weighted by Gasteiger charge is 2.43. The zero-order chi connectivity index (χ0) is 23.9. The zero-order valence-corrected chi connectivity index (χ0v) is 19.9. The molecule has 34 heavy (non-hydrogen) atoms. The third kappa shape index (κ3) is 4.01. The highest BCUT2D eigenvalue weighted by molar-refractivity contribution is 5.98. The van der Waals surface area contributed by atoms with E-state index < -0.39 is 5.60 Å². The van der Waals surface area contributed by atoms with Crippen molar-refractivity contribution in [3.8, 4) is 22.8 Å². The number of nitrogens with two attached hydrogens (primary N) is 1. The van der Waals surface area contributed by atoms with Crippen molar-refractivity contribution in [2.45, 2.75) is 58.1 Å². The summed E-state index contributed by atoms with van der Waals surface area (Å²) in [6, 6.07) is 17.7. The van der Waals surface area contributed by atoms with Crippen LogP contribution in [-0.2, 0) is 0 Å². The number of para-hydroxylation sites is 1. The first-order valence-corrected chi connectivity index (χ1v) is 11.8. The molecule has 1 aliphatic rings. The lowest BCUT2D eigenvalue weighted by atomic mass is 9.67. The molecule has 7 nitrogen and oxygen atoms in total. The minimum absolute atomic E-state index is 0.147. The lowest BCUT2D eigenvalue weighted by Gasteiger charge is -2.45. The number of anilines is 1. The average Bonchev–Trinajstić information content (AvgIpc) is 3.21. The average molecular weight is 458 g/mol. The molecule has 4 aromatic rings. The topological polar surface area (TPSA) is 99.1 Å². The van der Waals surface area contributed by atoms with Gasteiger partial charge in [0.1, 0.15) is 29.3 Å². The van der Waals surface area contributed by atoms with Gasteiger partial charge in [-0.25, -0.2) is 14.6 Å². The van der Waals surface area contributed by atoms with Gasteiger partial charge in [0.15, 0.2) is 5.65 Å². The van der Waals surface area contributed by atoms with Crippen molar-refractivity contribution in [2.24, 2.45) is 5.41 Å². The van der Waals surface area contributed by atoms with E-state index in [1.165, 1.54) is 6.33 Å². The van der Waals surface area contributed by atoms with Gasteiger partial charge in [-0.15, -0.1) is 0 Å². The van der Waals surface area contributed by atoms with Crippen LogP contribution in [0.25, 0.3) is 22.3 Å². The van der Waals surface area contributed by atoms with Crippen LogP contribution in [0.2, 0.25) is 0 Å². The van der Waals surface area contributed by atoms with Crippen LogP contribution >= 0.6 is 0 Å². The summed E-state index contributed by atoms with van der Waals surface area (Å²) in [7, 11) is 0. The molecule has 1 fully saturated rings. The minimum atomic E-state index is -0.669. The molecule has 1 aliphatic carbocycles. The van der Waals surface area contributed by atoms with E-state index in [0.717, 1.165) is 59.5 Å². The molecule has 0 spiro atoms. The van der Waals surface area contributed by atoms with Gasteiger partial charge in [0.05, 0.1) is 17.0 Å². The van der Waals surface area contributed by atoms with Gasteiger partial charge in [-0.3, -0.25) is 0 Å². The maximum absolute atomic E-state index is 11.2. The summed E-state index contributed by atoms with van der Waals surface area (Å²) in [5, 5.41) is 16.9. The first-order chi connectivity index (χ1) is 16.2. The number of aromatic nitrogens is 4. The second-order valence-electron chi connectivity index (χ2n) is 10.2. The molecule has 3 N–H and O–H groups in total. The molecule has 1 saturated carbocycles. The number of benzene rings is 2. The van der Waals surface area contributed by atoms with Gasteiger partial charge >= 0.3 is 0 Å². The third-order valence-corrected chi connectivity index (χ3v) is 7.15. The Morgan fingerprint density at radius 3 is 2.26 bits per heavy atom. The van der Waals surface area contributed by atoms with Gasteiger partial charge in [-0.2, -0.15) is 5.10 Å². The quantitative estimate of drug-likeness (QED) is 0.404. The molecule has 0 unspecified atom stereocenters. The van der Waals surface area contributed by atoms with Gasteiger partial charge in [0.25, 0.3) is 0 Å². The molecule has 0 atom stereocenters. The Morgan fingerprint density at radius 1 is 0.971 bits per heavy atom. The van der Waals surface area contributed by atoms with Crippen molar-refractivity contribution < 1.29 is 9.84 Å². The molecule has 0 radical (unpaired) electrons. The molecule has 0 amide bonds. The lowest BCUT2D eigenvalue weighted by Crippen LogP contribution is -2.46. The van der Waals surface area contributed by atoms with Crippen molar-refractivity contribution in [2.75, 3.05) is 5.73 Å². The second kappa shape index (κ2) is 8.40. The first kappa shape index (κ1) is 22.3. The fraction of sp³-hybridized carbons (Fsp3) is 0.370. The maximum atomic E-state index is 11.2. The van der Waals surface area contributed by atoms with Crippen LogP contribution in [0.5, 0.6) is 11.5 Å². The number of fused-ring (bicyclic) bond motifs is 1. The summed E-state index contributed by atoms with van der Waals surface area (Å²) in [4.78, 5) is 8.77. The number of nitrogen functional groups attached to an aromatic ring is 1. The van der Waals surface area contributed by atoms with E-state index in [-0.39, 0.29) is 11.5 Å². The Morgan fingerprint density at radius 2 is 1.62 bits per heavy atom. The van der Waals surface area contributed by atoms with E-state index in [1.807, 2.05) is 59.3 Å². The molecule has 2 heterocycles. The molecule has 176 valence electrons. The van der Waals surface area contributed by atoms with Crippen molar-refractivity contribution in [1.29, 1.82) is 0 Å². The highest BCUT2D eigenvalue weighted by atomic mass is 16.5. The van der Waals surface area contributed by atoms with Gasteiger partial charge in [0, 0.05) is 5.56 Å². The SMILES string of the molecule is CC(C)(C)C1(O)CCC(n2nc(-c3ccc(Oc4ccccc4)cc3)c3c(N)ncnc32)CC1. The Balaban J connectivity index is 1.46. The van der Waals surface area contributed by atoms with Crippen LogP contribution < -0.4 is 10.5 Å². The maximum Gasteiger partial charge on any atom is 0.164 e. The molecule has 7 heteroatoms. The Bertz CT molecular complexity index is 1280. The number of aliphatic hydroxyl groups is 1. The van der Waals surface area contributed by atoms with Gasteiger partial charge < -0.3 is 15.6 Å². The monoisotopic (exact) mass is 457 g/mol. The predicted octanol–water partition coefficient (Wildman–Crippen LogP) is 5.76. The van der Waals surface area contributed by atoms with Crippen LogP contribution in [0.15, 0.2) is 60.9 Å². The normalized spacial score (nSPS) is 21.0. The summed E-state index contributed by atoms with van der Waals surface area (Å²) in [6.07, 6.45) is 4.61. The first-order valence-electron chi connectivity index (χ1n) is 11.8. The van der Waals surface area contributed by atoms with Crippen LogP contribution in [0.3, 0.4) is 0 Å². The molecule has 0 bridgehead atoms. The van der Waals surface area contributed by atoms with E-state index in [9.17, 15) is 5.11 Å². The molecule has 0 aliphatic heterocycles. The van der Waals surface area contributed by atoms with Crippen LogP contribution in [0.1, 0.15) is 52.5 Å². The molecular formula is C27H31N5O2. The standard InChI is InChI=1S/C27H31N5O2/c1-26(2,3)27(33)15-13-19(14-16-27)32-25-22(24(28)29-17-30-25)23(31-32)18-9-11-21(12-10-18)34-20-7-5-4-6-8-20/h4-12,17,19,33H,13-16H2,1-3H3,(H2,28,29,30). The van der Waals surface area contributed by atoms with E-state index >= 15 is 0 Å². The Labute approximate surface area is 199 Å².